The maximum atomic E-state index is 13.7. The number of thioether (sulfide) groups is 1. The van der Waals surface area contributed by atoms with E-state index in [9.17, 15) is 9.59 Å². The lowest BCUT2D eigenvalue weighted by Crippen LogP contribution is -2.57. The first-order valence-corrected chi connectivity index (χ1v) is 16.4. The molecule has 8 nitrogen and oxygen atoms in total. The number of H-pyrrole nitrogens is 1. The van der Waals surface area contributed by atoms with E-state index in [2.05, 4.69) is 26.7 Å². The van der Waals surface area contributed by atoms with Crippen molar-refractivity contribution < 1.29 is 9.53 Å². The Morgan fingerprint density at radius 1 is 1.17 bits per heavy atom. The highest BCUT2D eigenvalue weighted by Crippen LogP contribution is 2.40. The van der Waals surface area contributed by atoms with Crippen molar-refractivity contribution in [2.24, 2.45) is 5.92 Å². The number of nitrogens with one attached hydrogen (secondary N) is 2. The normalized spacial score (nSPS) is 22.6. The highest BCUT2D eigenvalue weighted by molar-refractivity contribution is 7.98. The number of ether oxygens (including phenoxy) is 1. The van der Waals surface area contributed by atoms with E-state index in [0.29, 0.717) is 40.3 Å². The van der Waals surface area contributed by atoms with Gasteiger partial charge in [0.1, 0.15) is 5.65 Å². The third kappa shape index (κ3) is 5.83. The third-order valence-corrected chi connectivity index (χ3v) is 10.3. The van der Waals surface area contributed by atoms with Gasteiger partial charge in [-0.2, -0.15) is 0 Å². The minimum Gasteiger partial charge on any atom is -0.372 e. The van der Waals surface area contributed by atoms with Crippen LogP contribution in [0.5, 0.6) is 0 Å². The molecule has 1 atom stereocenters. The molecule has 10 heteroatoms. The first kappa shape index (κ1) is 28.8. The number of rotatable bonds is 9. The number of likely N-dealkylation sites (tertiary alicyclic amines) is 1. The molecule has 2 saturated carbocycles. The Morgan fingerprint density at radius 2 is 1.90 bits per heavy atom. The van der Waals surface area contributed by atoms with Crippen LogP contribution in [-0.4, -0.2) is 62.9 Å². The molecule has 1 saturated heterocycles. The van der Waals surface area contributed by atoms with Crippen molar-refractivity contribution in [1.29, 1.82) is 0 Å². The van der Waals surface area contributed by atoms with E-state index in [1.807, 2.05) is 32.2 Å². The molecule has 3 fully saturated rings. The number of hydrogen-bond donors (Lipinski definition) is 2. The molecule has 0 aromatic carbocycles. The summed E-state index contributed by atoms with van der Waals surface area (Å²) in [6.07, 6.45) is 11.7. The molecule has 0 spiro atoms. The Hall–Kier alpha value is -2.33. The second-order valence-electron chi connectivity index (χ2n) is 12.1. The molecule has 0 unspecified atom stereocenters. The van der Waals surface area contributed by atoms with Gasteiger partial charge in [-0.3, -0.25) is 14.5 Å². The van der Waals surface area contributed by atoms with Gasteiger partial charge in [-0.05, 0) is 83.6 Å². The molecule has 4 heterocycles. The van der Waals surface area contributed by atoms with Crippen molar-refractivity contribution >= 4 is 40.3 Å². The Labute approximate surface area is 250 Å². The van der Waals surface area contributed by atoms with E-state index in [4.69, 9.17) is 21.3 Å². The topological polar surface area (TPSA) is 92.2 Å². The average Bonchev–Trinajstić information content (AvgIpc) is 3.70. The summed E-state index contributed by atoms with van der Waals surface area (Å²) in [6, 6.07) is 4.61. The van der Waals surface area contributed by atoms with E-state index < -0.39 is 0 Å². The van der Waals surface area contributed by atoms with Crippen LogP contribution in [0, 0.1) is 19.8 Å². The highest BCUT2D eigenvalue weighted by atomic mass is 35.5. The fourth-order valence-electron chi connectivity index (χ4n) is 6.85. The average molecular weight is 598 g/mol. The molecule has 2 aliphatic carbocycles. The highest BCUT2D eigenvalue weighted by Gasteiger charge is 2.39. The predicted molar refractivity (Wildman–Crippen MR) is 164 cm³/mol. The van der Waals surface area contributed by atoms with Gasteiger partial charge in [0.15, 0.2) is 0 Å². The molecule has 2 N–H and O–H groups in total. The molecule has 3 aliphatic rings. The van der Waals surface area contributed by atoms with E-state index in [1.165, 1.54) is 37.4 Å². The zero-order chi connectivity index (χ0) is 28.8. The molecule has 3 aromatic heterocycles. The maximum absolute atomic E-state index is 13.7. The fraction of sp³-hybridized carbons (Fsp3) is 0.581. The third-order valence-electron chi connectivity index (χ3n) is 9.29. The van der Waals surface area contributed by atoms with Crippen LogP contribution < -0.4 is 10.9 Å². The monoisotopic (exact) mass is 597 g/mol. The van der Waals surface area contributed by atoms with E-state index in [0.717, 1.165) is 53.2 Å². The number of amides is 1. The summed E-state index contributed by atoms with van der Waals surface area (Å²) in [6.45, 7) is 8.43. The lowest BCUT2D eigenvalue weighted by atomic mass is 9.80. The van der Waals surface area contributed by atoms with Crippen LogP contribution in [0.25, 0.3) is 11.0 Å². The quantitative estimate of drug-likeness (QED) is 0.311. The molecule has 0 radical (unpaired) electrons. The van der Waals surface area contributed by atoms with Crippen LogP contribution in [0.4, 0.5) is 0 Å². The number of carbonyl (C=O) groups is 1. The molecule has 220 valence electrons. The fourth-order valence-corrected chi connectivity index (χ4v) is 7.71. The van der Waals surface area contributed by atoms with Crippen molar-refractivity contribution in [2.75, 3.05) is 19.3 Å². The van der Waals surface area contributed by atoms with Crippen molar-refractivity contribution in [3.05, 3.63) is 56.2 Å². The van der Waals surface area contributed by atoms with Gasteiger partial charge in [0, 0.05) is 65.1 Å². The standard InChI is InChI=1S/C31H40ClN5O3S/c1-17-11-27(41-4)26(30(38)35-17)14-34-31(39)28-19(3)37(29-25(28)12-21(32)13-33-29)18(2)20-5-7-22(8-6-20)36-15-24(16-36)40-23-9-10-23/h11-13,18,20,22-24H,5-10,14-16H2,1-4H3,(H,34,39)(H,35,38)/t18-,20?,22?/m1/s1. The molecular weight excluding hydrogens is 558 g/mol. The smallest absolute Gasteiger partial charge is 0.254 e. The van der Waals surface area contributed by atoms with Crippen molar-refractivity contribution in [2.45, 2.75) is 95.0 Å². The summed E-state index contributed by atoms with van der Waals surface area (Å²) < 4.78 is 8.31. The summed E-state index contributed by atoms with van der Waals surface area (Å²) >= 11 is 7.88. The van der Waals surface area contributed by atoms with E-state index >= 15 is 0 Å². The zero-order valence-corrected chi connectivity index (χ0v) is 25.9. The van der Waals surface area contributed by atoms with Gasteiger partial charge in [-0.15, -0.1) is 11.8 Å². The van der Waals surface area contributed by atoms with Gasteiger partial charge in [0.25, 0.3) is 11.5 Å². The molecule has 0 bridgehead atoms. The molecule has 1 amide bonds. The number of aromatic amines is 1. The second kappa shape index (κ2) is 11.7. The van der Waals surface area contributed by atoms with Crippen LogP contribution in [0.2, 0.25) is 5.02 Å². The maximum Gasteiger partial charge on any atom is 0.254 e. The van der Waals surface area contributed by atoms with Crippen LogP contribution in [0.15, 0.2) is 28.0 Å². The first-order valence-electron chi connectivity index (χ1n) is 14.8. The Bertz CT molecular complexity index is 1500. The van der Waals surface area contributed by atoms with Crippen molar-refractivity contribution in [3.63, 3.8) is 0 Å². The van der Waals surface area contributed by atoms with Gasteiger partial charge >= 0.3 is 0 Å². The summed E-state index contributed by atoms with van der Waals surface area (Å²) in [5.41, 5.74) is 3.43. The summed E-state index contributed by atoms with van der Waals surface area (Å²) in [7, 11) is 0. The lowest BCUT2D eigenvalue weighted by molar-refractivity contribution is -0.0864. The van der Waals surface area contributed by atoms with E-state index in [-0.39, 0.29) is 24.1 Å². The molecule has 3 aromatic rings. The number of carbonyl (C=O) groups excluding carboxylic acids is 1. The van der Waals surface area contributed by atoms with Crippen LogP contribution in [0.3, 0.4) is 0 Å². The van der Waals surface area contributed by atoms with Gasteiger partial charge in [-0.1, -0.05) is 11.6 Å². The Balaban J connectivity index is 1.18. The van der Waals surface area contributed by atoms with Gasteiger partial charge in [-0.25, -0.2) is 4.98 Å². The predicted octanol–water partition coefficient (Wildman–Crippen LogP) is 5.63. The van der Waals surface area contributed by atoms with Gasteiger partial charge in [0.05, 0.1) is 22.8 Å². The number of pyridine rings is 2. The molecule has 6 rings (SSSR count). The second-order valence-corrected chi connectivity index (χ2v) is 13.4. The minimum atomic E-state index is -0.223. The lowest BCUT2D eigenvalue weighted by Gasteiger charge is -2.47. The Kier molecular flexibility index (Phi) is 8.24. The van der Waals surface area contributed by atoms with E-state index in [1.54, 1.807) is 6.20 Å². The van der Waals surface area contributed by atoms with Crippen molar-refractivity contribution in [3.8, 4) is 0 Å². The molecular formula is C31H40ClN5O3S. The summed E-state index contributed by atoms with van der Waals surface area (Å²) in [4.78, 5) is 37.4. The minimum absolute atomic E-state index is 0.146. The molecule has 1 aliphatic heterocycles. The largest absolute Gasteiger partial charge is 0.372 e. The van der Waals surface area contributed by atoms with Crippen LogP contribution in [0.1, 0.15) is 78.8 Å². The summed E-state index contributed by atoms with van der Waals surface area (Å²) in [5.74, 6) is 0.281. The van der Waals surface area contributed by atoms with Crippen LogP contribution in [-0.2, 0) is 11.3 Å². The number of halogens is 1. The van der Waals surface area contributed by atoms with Gasteiger partial charge in [0.2, 0.25) is 0 Å². The number of hydrogen-bond acceptors (Lipinski definition) is 6. The number of aromatic nitrogens is 3. The van der Waals surface area contributed by atoms with Crippen molar-refractivity contribution in [1.82, 2.24) is 24.8 Å². The first-order chi connectivity index (χ1) is 19.7. The summed E-state index contributed by atoms with van der Waals surface area (Å²) in [5, 5.41) is 4.26. The number of fused-ring (bicyclic) bond motifs is 1. The zero-order valence-electron chi connectivity index (χ0n) is 24.3. The number of aryl methyl sites for hydroxylation is 1. The Morgan fingerprint density at radius 3 is 2.59 bits per heavy atom. The van der Waals surface area contributed by atoms with Crippen LogP contribution >= 0.6 is 23.4 Å². The van der Waals surface area contributed by atoms with Gasteiger partial charge < -0.3 is 19.6 Å². The molecule has 41 heavy (non-hydrogen) atoms. The number of nitrogens with zero attached hydrogens (tertiary/aromatic N) is 3. The SMILES string of the molecule is CSc1cc(C)[nH]c(=O)c1CNC(=O)c1c(C)n([C@H](C)C2CCC(N3CC(OC4CC4)C3)CC2)c2ncc(Cl)cc12.